The molecule has 9 heteroatoms. The van der Waals surface area contributed by atoms with E-state index in [1.54, 1.807) is 12.1 Å². The molecule has 4 N–H and O–H groups in total. The number of aromatic nitrogens is 4. The number of nitrogens with one attached hydrogen (secondary N) is 1. The van der Waals surface area contributed by atoms with Gasteiger partial charge >= 0.3 is 5.97 Å². The molecular formula is C12H14N6O3. The van der Waals surface area contributed by atoms with Crippen LogP contribution in [0.3, 0.4) is 0 Å². The summed E-state index contributed by atoms with van der Waals surface area (Å²) in [4.78, 5) is 26.5. The SMILES string of the molecule is NCc1cc(C(=O)NCCn2cc(C(=O)O)nn2)ccn1. The third-order valence-corrected chi connectivity index (χ3v) is 2.67. The molecule has 2 rings (SSSR count). The number of carbonyl (C=O) groups excluding carboxylic acids is 1. The van der Waals surface area contributed by atoms with Crippen LogP contribution in [0.1, 0.15) is 26.5 Å². The van der Waals surface area contributed by atoms with E-state index in [4.69, 9.17) is 10.8 Å². The fourth-order valence-electron chi connectivity index (χ4n) is 1.62. The fourth-order valence-corrected chi connectivity index (χ4v) is 1.62. The van der Waals surface area contributed by atoms with Gasteiger partial charge in [0.25, 0.3) is 5.91 Å². The van der Waals surface area contributed by atoms with Crippen molar-refractivity contribution in [1.29, 1.82) is 0 Å². The highest BCUT2D eigenvalue weighted by atomic mass is 16.4. The van der Waals surface area contributed by atoms with Crippen LogP contribution < -0.4 is 11.1 Å². The van der Waals surface area contributed by atoms with Crippen molar-refractivity contribution in [3.05, 3.63) is 41.5 Å². The van der Waals surface area contributed by atoms with Crippen molar-refractivity contribution in [3.8, 4) is 0 Å². The van der Waals surface area contributed by atoms with Gasteiger partial charge in [-0.15, -0.1) is 5.10 Å². The standard InChI is InChI=1S/C12H14N6O3/c13-6-9-5-8(1-2-14-9)11(19)15-3-4-18-7-10(12(20)21)16-17-18/h1-2,5,7H,3-4,6,13H2,(H,15,19)(H,20,21). The Kier molecular flexibility index (Phi) is 4.57. The summed E-state index contributed by atoms with van der Waals surface area (Å²) in [5, 5.41) is 18.5. The number of aromatic carboxylic acids is 1. The molecule has 0 saturated heterocycles. The molecule has 0 fully saturated rings. The predicted molar refractivity (Wildman–Crippen MR) is 71.4 cm³/mol. The highest BCUT2D eigenvalue weighted by molar-refractivity contribution is 5.94. The molecule has 0 saturated carbocycles. The van der Waals surface area contributed by atoms with Gasteiger partial charge in [-0.25, -0.2) is 9.48 Å². The molecule has 2 aromatic rings. The van der Waals surface area contributed by atoms with Gasteiger partial charge in [-0.05, 0) is 12.1 Å². The summed E-state index contributed by atoms with van der Waals surface area (Å²) >= 11 is 0. The van der Waals surface area contributed by atoms with E-state index in [9.17, 15) is 9.59 Å². The fraction of sp³-hybridized carbons (Fsp3) is 0.250. The van der Waals surface area contributed by atoms with E-state index in [2.05, 4.69) is 20.6 Å². The number of amides is 1. The van der Waals surface area contributed by atoms with Crippen LogP contribution in [0.25, 0.3) is 0 Å². The lowest BCUT2D eigenvalue weighted by molar-refractivity contribution is 0.0690. The van der Waals surface area contributed by atoms with E-state index in [0.717, 1.165) is 0 Å². The van der Waals surface area contributed by atoms with Gasteiger partial charge in [0.15, 0.2) is 5.69 Å². The first kappa shape index (κ1) is 14.6. The number of nitrogens with zero attached hydrogens (tertiary/aromatic N) is 4. The normalized spacial score (nSPS) is 10.3. The number of rotatable bonds is 6. The van der Waals surface area contributed by atoms with Crippen LogP contribution >= 0.6 is 0 Å². The first-order valence-corrected chi connectivity index (χ1v) is 6.17. The van der Waals surface area contributed by atoms with Crippen LogP contribution in [0.2, 0.25) is 0 Å². The van der Waals surface area contributed by atoms with Gasteiger partial charge in [0.05, 0.1) is 18.4 Å². The second kappa shape index (κ2) is 6.57. The molecular weight excluding hydrogens is 276 g/mol. The molecule has 0 aliphatic rings. The first-order chi connectivity index (χ1) is 10.1. The summed E-state index contributed by atoms with van der Waals surface area (Å²) in [6.07, 6.45) is 2.82. The molecule has 0 aromatic carbocycles. The van der Waals surface area contributed by atoms with Crippen LogP contribution in [0, 0.1) is 0 Å². The summed E-state index contributed by atoms with van der Waals surface area (Å²) in [6.45, 7) is 0.875. The molecule has 0 unspecified atom stereocenters. The Labute approximate surface area is 119 Å². The van der Waals surface area contributed by atoms with Crippen LogP contribution in [-0.4, -0.2) is 43.5 Å². The van der Waals surface area contributed by atoms with E-state index >= 15 is 0 Å². The quantitative estimate of drug-likeness (QED) is 0.637. The first-order valence-electron chi connectivity index (χ1n) is 6.17. The van der Waals surface area contributed by atoms with Crippen LogP contribution in [0.5, 0.6) is 0 Å². The smallest absolute Gasteiger partial charge is 0.358 e. The zero-order valence-electron chi connectivity index (χ0n) is 11.1. The molecule has 0 radical (unpaired) electrons. The van der Waals surface area contributed by atoms with E-state index in [1.807, 2.05) is 0 Å². The highest BCUT2D eigenvalue weighted by Gasteiger charge is 2.09. The van der Waals surface area contributed by atoms with E-state index in [-0.39, 0.29) is 18.1 Å². The molecule has 110 valence electrons. The lowest BCUT2D eigenvalue weighted by Crippen LogP contribution is -2.27. The number of carboxylic acids is 1. The Bertz CT molecular complexity index is 654. The van der Waals surface area contributed by atoms with Gasteiger partial charge in [-0.2, -0.15) is 0 Å². The maximum Gasteiger partial charge on any atom is 0.358 e. The average Bonchev–Trinajstić information content (AvgIpc) is 2.96. The van der Waals surface area contributed by atoms with Crippen LogP contribution in [0.4, 0.5) is 0 Å². The Morgan fingerprint density at radius 2 is 2.24 bits per heavy atom. The predicted octanol–water partition coefficient (Wildman–Crippen LogP) is -0.740. The second-order valence-electron chi connectivity index (χ2n) is 4.17. The lowest BCUT2D eigenvalue weighted by atomic mass is 10.2. The number of nitrogens with two attached hydrogens (primary N) is 1. The van der Waals surface area contributed by atoms with Crippen molar-refractivity contribution >= 4 is 11.9 Å². The maximum atomic E-state index is 11.9. The van der Waals surface area contributed by atoms with Gasteiger partial charge < -0.3 is 16.2 Å². The summed E-state index contributed by atoms with van der Waals surface area (Å²) in [6, 6.07) is 3.21. The molecule has 0 aliphatic carbocycles. The molecule has 0 atom stereocenters. The zero-order valence-corrected chi connectivity index (χ0v) is 11.1. The van der Waals surface area contributed by atoms with Crippen molar-refractivity contribution in [2.75, 3.05) is 6.54 Å². The minimum absolute atomic E-state index is 0.136. The lowest BCUT2D eigenvalue weighted by Gasteiger charge is -2.05. The second-order valence-corrected chi connectivity index (χ2v) is 4.17. The molecule has 1 amide bonds. The molecule has 2 aromatic heterocycles. The minimum Gasteiger partial charge on any atom is -0.476 e. The third-order valence-electron chi connectivity index (χ3n) is 2.67. The topological polar surface area (TPSA) is 136 Å². The number of hydrogen-bond acceptors (Lipinski definition) is 6. The van der Waals surface area contributed by atoms with Crippen LogP contribution in [0.15, 0.2) is 24.5 Å². The van der Waals surface area contributed by atoms with Gasteiger partial charge in [-0.1, -0.05) is 5.21 Å². The number of carbonyl (C=O) groups is 2. The Morgan fingerprint density at radius 3 is 2.90 bits per heavy atom. The molecule has 9 nitrogen and oxygen atoms in total. The summed E-state index contributed by atoms with van der Waals surface area (Å²) in [5.74, 6) is -1.40. The zero-order chi connectivity index (χ0) is 15.2. The molecule has 21 heavy (non-hydrogen) atoms. The minimum atomic E-state index is -1.14. The Balaban J connectivity index is 1.87. The summed E-state index contributed by atoms with van der Waals surface area (Å²) in [7, 11) is 0. The van der Waals surface area contributed by atoms with Gasteiger partial charge in [0.2, 0.25) is 0 Å². The maximum absolute atomic E-state index is 11.9. The molecule has 0 spiro atoms. The van der Waals surface area contributed by atoms with E-state index < -0.39 is 5.97 Å². The molecule has 0 aliphatic heterocycles. The Morgan fingerprint density at radius 1 is 1.43 bits per heavy atom. The number of carboxylic acid groups (broad SMARTS) is 1. The van der Waals surface area contributed by atoms with Gasteiger partial charge in [0, 0.05) is 24.8 Å². The largest absolute Gasteiger partial charge is 0.476 e. The van der Waals surface area contributed by atoms with Crippen molar-refractivity contribution in [3.63, 3.8) is 0 Å². The third kappa shape index (κ3) is 3.83. The highest BCUT2D eigenvalue weighted by Crippen LogP contribution is 2.01. The van der Waals surface area contributed by atoms with Gasteiger partial charge in [0.1, 0.15) is 0 Å². The van der Waals surface area contributed by atoms with Crippen molar-refractivity contribution in [2.24, 2.45) is 5.73 Å². The monoisotopic (exact) mass is 290 g/mol. The van der Waals surface area contributed by atoms with Crippen molar-refractivity contribution in [1.82, 2.24) is 25.3 Å². The van der Waals surface area contributed by atoms with Crippen molar-refractivity contribution in [2.45, 2.75) is 13.1 Å². The summed E-state index contributed by atoms with van der Waals surface area (Å²) < 4.78 is 1.35. The van der Waals surface area contributed by atoms with Crippen molar-refractivity contribution < 1.29 is 14.7 Å². The molecule has 0 bridgehead atoms. The molecule has 2 heterocycles. The van der Waals surface area contributed by atoms with Gasteiger partial charge in [-0.3, -0.25) is 9.78 Å². The average molecular weight is 290 g/mol. The van der Waals surface area contributed by atoms with E-state index in [0.29, 0.717) is 24.3 Å². The number of pyridine rings is 1. The number of hydrogen-bond donors (Lipinski definition) is 3. The summed E-state index contributed by atoms with van der Waals surface area (Å²) in [5.41, 5.74) is 6.42. The van der Waals surface area contributed by atoms with Crippen LogP contribution in [-0.2, 0) is 13.1 Å². The van der Waals surface area contributed by atoms with E-state index in [1.165, 1.54) is 17.1 Å². The Hall–Kier alpha value is -2.81.